The number of piperidine rings is 1. The van der Waals surface area contributed by atoms with Gasteiger partial charge >= 0.3 is 6.18 Å². The molecule has 4 nitrogen and oxygen atoms in total. The Bertz CT molecular complexity index is 1090. The van der Waals surface area contributed by atoms with Gasteiger partial charge in [-0.15, -0.1) is 0 Å². The molecule has 0 aliphatic carbocycles. The van der Waals surface area contributed by atoms with Crippen LogP contribution in [0.25, 0.3) is 22.3 Å². The maximum absolute atomic E-state index is 14.2. The Morgan fingerprint density at radius 1 is 1.03 bits per heavy atom. The van der Waals surface area contributed by atoms with Gasteiger partial charge in [-0.1, -0.05) is 18.2 Å². The predicted molar refractivity (Wildman–Crippen MR) is 116 cm³/mol. The monoisotopic (exact) mass is 445 g/mol. The highest BCUT2D eigenvalue weighted by Gasteiger charge is 2.31. The maximum Gasteiger partial charge on any atom is 0.416 e. The molecular formula is C24H23F4N3O. The number of hydrogen-bond donors (Lipinski definition) is 2. The molecule has 1 aliphatic rings. The Morgan fingerprint density at radius 2 is 1.69 bits per heavy atom. The summed E-state index contributed by atoms with van der Waals surface area (Å²) in [6, 6.07) is 9.13. The van der Waals surface area contributed by atoms with Crippen molar-refractivity contribution < 1.29 is 22.7 Å². The number of alkyl halides is 3. The van der Waals surface area contributed by atoms with E-state index in [1.807, 2.05) is 11.0 Å². The predicted octanol–water partition coefficient (Wildman–Crippen LogP) is 4.78. The minimum atomic E-state index is -4.44. The third-order valence-corrected chi connectivity index (χ3v) is 5.74. The van der Waals surface area contributed by atoms with Crippen LogP contribution in [0.15, 0.2) is 54.9 Å². The molecule has 32 heavy (non-hydrogen) atoms. The summed E-state index contributed by atoms with van der Waals surface area (Å²) in [6.07, 6.45) is -1.47. The molecule has 168 valence electrons. The Morgan fingerprint density at radius 3 is 2.28 bits per heavy atom. The first-order valence-electron chi connectivity index (χ1n) is 10.3. The van der Waals surface area contributed by atoms with Crippen LogP contribution >= 0.6 is 0 Å². The van der Waals surface area contributed by atoms with Crippen molar-refractivity contribution in [3.8, 4) is 22.3 Å². The number of aliphatic hydroxyl groups excluding tert-OH is 1. The lowest BCUT2D eigenvalue weighted by atomic mass is 9.94. The van der Waals surface area contributed by atoms with Crippen LogP contribution < -0.4 is 10.6 Å². The molecule has 2 heterocycles. The highest BCUT2D eigenvalue weighted by molar-refractivity contribution is 5.90. The van der Waals surface area contributed by atoms with Gasteiger partial charge in [0.25, 0.3) is 0 Å². The smallest absolute Gasteiger partial charge is 0.390 e. The van der Waals surface area contributed by atoms with E-state index in [0.29, 0.717) is 40.9 Å². The summed E-state index contributed by atoms with van der Waals surface area (Å²) < 4.78 is 53.3. The van der Waals surface area contributed by atoms with Crippen LogP contribution in [0.4, 0.5) is 23.2 Å². The van der Waals surface area contributed by atoms with E-state index in [-0.39, 0.29) is 12.6 Å². The van der Waals surface area contributed by atoms with Gasteiger partial charge in [0, 0.05) is 42.7 Å². The van der Waals surface area contributed by atoms with Crippen molar-refractivity contribution in [3.05, 3.63) is 71.8 Å². The van der Waals surface area contributed by atoms with Crippen molar-refractivity contribution >= 4 is 5.69 Å². The number of benzene rings is 2. The van der Waals surface area contributed by atoms with E-state index in [0.717, 1.165) is 17.7 Å². The average Bonchev–Trinajstić information content (AvgIpc) is 2.74. The first kappa shape index (κ1) is 22.2. The van der Waals surface area contributed by atoms with Crippen molar-refractivity contribution in [2.75, 3.05) is 18.0 Å². The molecule has 4 rings (SSSR count). The number of aromatic nitrogens is 1. The van der Waals surface area contributed by atoms with Crippen LogP contribution in [0.2, 0.25) is 0 Å². The molecule has 8 heteroatoms. The highest BCUT2D eigenvalue weighted by Crippen LogP contribution is 2.41. The number of hydrogen-bond acceptors (Lipinski definition) is 4. The highest BCUT2D eigenvalue weighted by atomic mass is 19.4. The molecule has 0 radical (unpaired) electrons. The Labute approximate surface area is 183 Å². The Hall–Kier alpha value is -2.97. The third kappa shape index (κ3) is 4.47. The minimum absolute atomic E-state index is 0.250. The largest absolute Gasteiger partial charge is 0.416 e. The summed E-state index contributed by atoms with van der Waals surface area (Å²) in [7, 11) is 0. The fourth-order valence-electron chi connectivity index (χ4n) is 4.10. The Balaban J connectivity index is 1.88. The maximum atomic E-state index is 14.2. The molecule has 1 fully saturated rings. The number of rotatable bonds is 3. The first-order chi connectivity index (χ1) is 15.1. The molecule has 0 amide bonds. The second kappa shape index (κ2) is 8.52. The van der Waals surface area contributed by atoms with Gasteiger partial charge in [-0.25, -0.2) is 4.39 Å². The standard InChI is InChI=1S/C24H23F4N3O/c1-14-8-16(10-18(25)9-14)20-12-30-11-19(15-2-4-17(5-3-15)24(26,27)28)23(20)31-7-6-21(29)22(32)13-31/h2-5,8-12,21-22,32H,6-7,13,29H2,1H3. The molecule has 0 spiro atoms. The van der Waals surface area contributed by atoms with Gasteiger partial charge in [0.1, 0.15) is 5.82 Å². The van der Waals surface area contributed by atoms with Crippen LogP contribution in [0.5, 0.6) is 0 Å². The van der Waals surface area contributed by atoms with Gasteiger partial charge in [0.2, 0.25) is 0 Å². The third-order valence-electron chi connectivity index (χ3n) is 5.74. The summed E-state index contributed by atoms with van der Waals surface area (Å²) in [4.78, 5) is 6.24. The van der Waals surface area contributed by atoms with Crippen LogP contribution in [-0.4, -0.2) is 35.3 Å². The lowest BCUT2D eigenvalue weighted by Gasteiger charge is -2.37. The number of pyridine rings is 1. The fourth-order valence-corrected chi connectivity index (χ4v) is 4.10. The summed E-state index contributed by atoms with van der Waals surface area (Å²) in [5.41, 5.74) is 9.00. The minimum Gasteiger partial charge on any atom is -0.390 e. The zero-order chi connectivity index (χ0) is 23.0. The van der Waals surface area contributed by atoms with E-state index in [1.54, 1.807) is 19.3 Å². The van der Waals surface area contributed by atoms with Crippen molar-refractivity contribution in [3.63, 3.8) is 0 Å². The Kier molecular flexibility index (Phi) is 5.92. The van der Waals surface area contributed by atoms with E-state index in [9.17, 15) is 22.7 Å². The molecule has 2 atom stereocenters. The van der Waals surface area contributed by atoms with E-state index in [4.69, 9.17) is 5.73 Å². The fraction of sp³-hybridized carbons (Fsp3) is 0.292. The zero-order valence-electron chi connectivity index (χ0n) is 17.4. The molecule has 2 unspecified atom stereocenters. The van der Waals surface area contributed by atoms with Crippen molar-refractivity contribution in [1.29, 1.82) is 0 Å². The second-order valence-electron chi connectivity index (χ2n) is 8.14. The number of β-amino-alcohol motifs (C(OH)–C–C–N with tert-alkyl or cyclic N) is 1. The molecule has 2 aromatic carbocycles. The number of nitrogens with two attached hydrogens (primary N) is 1. The van der Waals surface area contributed by atoms with E-state index < -0.39 is 23.7 Å². The van der Waals surface area contributed by atoms with Gasteiger partial charge in [0.15, 0.2) is 0 Å². The van der Waals surface area contributed by atoms with Crippen LogP contribution in [0.3, 0.4) is 0 Å². The summed E-state index contributed by atoms with van der Waals surface area (Å²) in [5.74, 6) is -0.397. The van der Waals surface area contributed by atoms with Gasteiger partial charge < -0.3 is 15.7 Å². The van der Waals surface area contributed by atoms with Gasteiger partial charge in [-0.3, -0.25) is 4.98 Å². The van der Waals surface area contributed by atoms with Crippen LogP contribution in [-0.2, 0) is 6.18 Å². The van der Waals surface area contributed by atoms with Crippen molar-refractivity contribution in [2.24, 2.45) is 5.73 Å². The van der Waals surface area contributed by atoms with Gasteiger partial charge in [0.05, 0.1) is 17.4 Å². The molecule has 1 aromatic heterocycles. The molecule has 1 saturated heterocycles. The van der Waals surface area contributed by atoms with E-state index in [1.165, 1.54) is 24.3 Å². The van der Waals surface area contributed by atoms with Crippen LogP contribution in [0, 0.1) is 12.7 Å². The summed E-state index contributed by atoms with van der Waals surface area (Å²) >= 11 is 0. The van der Waals surface area contributed by atoms with E-state index in [2.05, 4.69) is 4.98 Å². The second-order valence-corrected chi connectivity index (χ2v) is 8.14. The average molecular weight is 445 g/mol. The van der Waals surface area contributed by atoms with Gasteiger partial charge in [-0.05, 0) is 54.3 Å². The number of halogens is 4. The quantitative estimate of drug-likeness (QED) is 0.570. The number of nitrogens with zero attached hydrogens (tertiary/aromatic N) is 2. The molecule has 0 saturated carbocycles. The zero-order valence-corrected chi connectivity index (χ0v) is 17.4. The number of anilines is 1. The molecule has 0 bridgehead atoms. The number of aliphatic hydroxyl groups is 1. The molecule has 1 aliphatic heterocycles. The topological polar surface area (TPSA) is 62.4 Å². The molecule has 3 N–H and O–H groups in total. The van der Waals surface area contributed by atoms with Crippen LogP contribution in [0.1, 0.15) is 17.5 Å². The van der Waals surface area contributed by atoms with Crippen molar-refractivity contribution in [1.82, 2.24) is 4.98 Å². The first-order valence-corrected chi connectivity index (χ1v) is 10.3. The molecular weight excluding hydrogens is 422 g/mol. The normalized spacial score (nSPS) is 19.3. The number of aryl methyl sites for hydroxylation is 1. The lowest BCUT2D eigenvalue weighted by molar-refractivity contribution is -0.137. The summed E-state index contributed by atoms with van der Waals surface area (Å²) in [6.45, 7) is 2.57. The molecule has 3 aromatic rings. The SMILES string of the molecule is Cc1cc(F)cc(-c2cncc(-c3ccc(C(F)(F)F)cc3)c2N2CCC(N)C(O)C2)c1. The van der Waals surface area contributed by atoms with Gasteiger partial charge in [-0.2, -0.15) is 13.2 Å². The van der Waals surface area contributed by atoms with E-state index >= 15 is 0 Å². The summed E-state index contributed by atoms with van der Waals surface area (Å²) in [5, 5.41) is 10.4. The van der Waals surface area contributed by atoms with Crippen molar-refractivity contribution in [2.45, 2.75) is 31.7 Å². The lowest BCUT2D eigenvalue weighted by Crippen LogP contribution is -2.50.